The molecule has 0 bridgehead atoms. The van der Waals surface area contributed by atoms with Crippen LogP contribution in [0, 0.1) is 5.92 Å². The van der Waals surface area contributed by atoms with Crippen LogP contribution in [0.25, 0.3) is 0 Å². The van der Waals surface area contributed by atoms with Crippen LogP contribution in [0.4, 0.5) is 5.69 Å². The Morgan fingerprint density at radius 2 is 1.96 bits per heavy atom. The molecule has 134 valence electrons. The zero-order chi connectivity index (χ0) is 17.0. The molecule has 0 aromatic heterocycles. The number of hydrogen-bond donors (Lipinski definition) is 2. The van der Waals surface area contributed by atoms with Gasteiger partial charge in [-0.15, -0.1) is 12.4 Å². The normalized spacial score (nSPS) is 15.1. The van der Waals surface area contributed by atoms with Gasteiger partial charge in [-0.3, -0.25) is 9.59 Å². The maximum atomic E-state index is 12.6. The van der Waals surface area contributed by atoms with Gasteiger partial charge in [-0.1, -0.05) is 25.4 Å². The zero-order valence-corrected chi connectivity index (χ0v) is 15.6. The van der Waals surface area contributed by atoms with Crippen LogP contribution in [0.2, 0.25) is 5.02 Å². The maximum Gasteiger partial charge on any atom is 0.255 e. The highest BCUT2D eigenvalue weighted by Crippen LogP contribution is 2.24. The Labute approximate surface area is 154 Å². The number of amides is 2. The van der Waals surface area contributed by atoms with Crippen LogP contribution in [-0.2, 0) is 4.79 Å². The highest BCUT2D eigenvalue weighted by Gasteiger charge is 2.23. The fraction of sp³-hybridized carbons (Fsp3) is 0.529. The van der Waals surface area contributed by atoms with Gasteiger partial charge in [-0.05, 0) is 37.0 Å². The Bertz CT molecular complexity index is 585. The highest BCUT2D eigenvalue weighted by atomic mass is 35.5. The molecule has 2 rings (SSSR count). The van der Waals surface area contributed by atoms with Crippen molar-refractivity contribution in [1.82, 2.24) is 4.90 Å². The molecule has 1 fully saturated rings. The number of nitrogens with zero attached hydrogens (tertiary/aromatic N) is 1. The van der Waals surface area contributed by atoms with Crippen LogP contribution in [-0.4, -0.2) is 35.8 Å². The van der Waals surface area contributed by atoms with E-state index in [1.165, 1.54) is 0 Å². The van der Waals surface area contributed by atoms with Crippen LogP contribution in [0.5, 0.6) is 0 Å². The van der Waals surface area contributed by atoms with E-state index < -0.39 is 0 Å². The molecule has 5 nitrogen and oxygen atoms in total. The van der Waals surface area contributed by atoms with Crippen molar-refractivity contribution < 1.29 is 9.59 Å². The SMILES string of the molecule is CC(C)CC(=O)Nc1ccc(Cl)c(C(=O)N2CCC(N)CC2)c1.Cl. The molecule has 0 aliphatic carbocycles. The van der Waals surface area contributed by atoms with Crippen molar-refractivity contribution in [3.63, 3.8) is 0 Å². The minimum Gasteiger partial charge on any atom is -0.338 e. The number of nitrogens with one attached hydrogen (secondary N) is 1. The van der Waals surface area contributed by atoms with Crippen molar-refractivity contribution in [2.24, 2.45) is 11.7 Å². The molecule has 24 heavy (non-hydrogen) atoms. The highest BCUT2D eigenvalue weighted by molar-refractivity contribution is 6.34. The van der Waals surface area contributed by atoms with E-state index in [0.29, 0.717) is 35.8 Å². The number of rotatable bonds is 4. The lowest BCUT2D eigenvalue weighted by Gasteiger charge is -2.30. The predicted molar refractivity (Wildman–Crippen MR) is 99.9 cm³/mol. The van der Waals surface area contributed by atoms with E-state index in [-0.39, 0.29) is 36.2 Å². The second-order valence-corrected chi connectivity index (χ2v) is 6.88. The fourth-order valence-corrected chi connectivity index (χ4v) is 2.82. The van der Waals surface area contributed by atoms with Gasteiger partial charge in [0.1, 0.15) is 0 Å². The molecule has 0 saturated carbocycles. The molecule has 0 unspecified atom stereocenters. The summed E-state index contributed by atoms with van der Waals surface area (Å²) in [6, 6.07) is 5.17. The van der Waals surface area contributed by atoms with E-state index in [4.69, 9.17) is 17.3 Å². The number of hydrogen-bond acceptors (Lipinski definition) is 3. The molecule has 1 aromatic rings. The quantitative estimate of drug-likeness (QED) is 0.849. The number of benzene rings is 1. The second kappa shape index (κ2) is 9.25. The van der Waals surface area contributed by atoms with Gasteiger partial charge in [0.05, 0.1) is 10.6 Å². The number of anilines is 1. The van der Waals surface area contributed by atoms with Crippen molar-refractivity contribution >= 4 is 41.5 Å². The summed E-state index contributed by atoms with van der Waals surface area (Å²) in [4.78, 5) is 26.3. The van der Waals surface area contributed by atoms with Crippen LogP contribution in [0.1, 0.15) is 43.5 Å². The summed E-state index contributed by atoms with van der Waals surface area (Å²) in [5.41, 5.74) is 6.89. The molecule has 1 aromatic carbocycles. The lowest BCUT2D eigenvalue weighted by molar-refractivity contribution is -0.116. The molecule has 0 radical (unpaired) electrons. The van der Waals surface area contributed by atoms with Crippen molar-refractivity contribution in [1.29, 1.82) is 0 Å². The predicted octanol–water partition coefficient (Wildman–Crippen LogP) is 3.31. The molecule has 2 amide bonds. The lowest BCUT2D eigenvalue weighted by atomic mass is 10.0. The summed E-state index contributed by atoms with van der Waals surface area (Å²) in [6.07, 6.45) is 2.04. The van der Waals surface area contributed by atoms with Gasteiger partial charge in [-0.25, -0.2) is 0 Å². The lowest BCUT2D eigenvalue weighted by Crippen LogP contribution is -2.42. The smallest absolute Gasteiger partial charge is 0.255 e. The van der Waals surface area contributed by atoms with E-state index in [9.17, 15) is 9.59 Å². The standard InChI is InChI=1S/C17H24ClN3O2.ClH/c1-11(2)9-16(22)20-13-3-4-15(18)14(10-13)17(23)21-7-5-12(19)6-8-21;/h3-4,10-12H,5-9,19H2,1-2H3,(H,20,22);1H. The van der Waals surface area contributed by atoms with Crippen LogP contribution >= 0.6 is 24.0 Å². The number of likely N-dealkylation sites (tertiary alicyclic amines) is 1. The Balaban J connectivity index is 0.00000288. The Hall–Kier alpha value is -1.30. The molecule has 7 heteroatoms. The zero-order valence-electron chi connectivity index (χ0n) is 14.0. The van der Waals surface area contributed by atoms with Crippen molar-refractivity contribution in [2.45, 2.75) is 39.2 Å². The van der Waals surface area contributed by atoms with Crippen LogP contribution in [0.15, 0.2) is 18.2 Å². The number of carbonyl (C=O) groups is 2. The number of piperidine rings is 1. The third-order valence-corrected chi connectivity index (χ3v) is 4.23. The molecule has 1 saturated heterocycles. The summed E-state index contributed by atoms with van der Waals surface area (Å²) in [5.74, 6) is 0.104. The first kappa shape index (κ1) is 20.7. The minimum absolute atomic E-state index is 0. The third-order valence-electron chi connectivity index (χ3n) is 3.90. The van der Waals surface area contributed by atoms with Gasteiger partial charge < -0.3 is 16.0 Å². The number of carbonyl (C=O) groups excluding carboxylic acids is 2. The molecule has 0 atom stereocenters. The van der Waals surface area contributed by atoms with Crippen LogP contribution < -0.4 is 11.1 Å². The van der Waals surface area contributed by atoms with Gasteiger partial charge >= 0.3 is 0 Å². The van der Waals surface area contributed by atoms with E-state index >= 15 is 0 Å². The summed E-state index contributed by atoms with van der Waals surface area (Å²) in [7, 11) is 0. The molecular weight excluding hydrogens is 349 g/mol. The molecule has 3 N–H and O–H groups in total. The molecule has 1 aliphatic heterocycles. The van der Waals surface area contributed by atoms with E-state index in [1.54, 1.807) is 23.1 Å². The van der Waals surface area contributed by atoms with Gasteiger partial charge in [-0.2, -0.15) is 0 Å². The monoisotopic (exact) mass is 373 g/mol. The average molecular weight is 374 g/mol. The van der Waals surface area contributed by atoms with Gasteiger partial charge in [0.2, 0.25) is 5.91 Å². The van der Waals surface area contributed by atoms with E-state index in [0.717, 1.165) is 12.8 Å². The molecule has 1 heterocycles. The molecule has 1 aliphatic rings. The first-order chi connectivity index (χ1) is 10.9. The Morgan fingerprint density at radius 1 is 1.33 bits per heavy atom. The van der Waals surface area contributed by atoms with Gasteiger partial charge in [0.15, 0.2) is 0 Å². The van der Waals surface area contributed by atoms with Crippen molar-refractivity contribution in [3.8, 4) is 0 Å². The molecular formula is C17H25Cl2N3O2. The number of nitrogens with two attached hydrogens (primary N) is 1. The van der Waals surface area contributed by atoms with E-state index in [2.05, 4.69) is 5.32 Å². The minimum atomic E-state index is -0.109. The average Bonchev–Trinajstić information content (AvgIpc) is 2.48. The summed E-state index contributed by atoms with van der Waals surface area (Å²) >= 11 is 6.17. The number of halogens is 2. The maximum absolute atomic E-state index is 12.6. The van der Waals surface area contributed by atoms with Crippen molar-refractivity contribution in [2.75, 3.05) is 18.4 Å². The first-order valence-electron chi connectivity index (χ1n) is 8.01. The van der Waals surface area contributed by atoms with Gasteiger partial charge in [0.25, 0.3) is 5.91 Å². The summed E-state index contributed by atoms with van der Waals surface area (Å²) < 4.78 is 0. The fourth-order valence-electron chi connectivity index (χ4n) is 2.62. The molecule has 0 spiro atoms. The Morgan fingerprint density at radius 3 is 2.54 bits per heavy atom. The van der Waals surface area contributed by atoms with Crippen LogP contribution in [0.3, 0.4) is 0 Å². The van der Waals surface area contributed by atoms with E-state index in [1.807, 2.05) is 13.8 Å². The topological polar surface area (TPSA) is 75.4 Å². The second-order valence-electron chi connectivity index (χ2n) is 6.47. The van der Waals surface area contributed by atoms with Gasteiger partial charge in [0, 0.05) is 31.2 Å². The summed E-state index contributed by atoms with van der Waals surface area (Å²) in [5, 5.41) is 3.21. The largest absolute Gasteiger partial charge is 0.338 e. The third kappa shape index (κ3) is 5.65. The van der Waals surface area contributed by atoms with Crippen molar-refractivity contribution in [3.05, 3.63) is 28.8 Å². The summed E-state index contributed by atoms with van der Waals surface area (Å²) in [6.45, 7) is 5.25. The first-order valence-corrected chi connectivity index (χ1v) is 8.39. The Kier molecular flexibility index (Phi) is 8.00.